The van der Waals surface area contributed by atoms with Crippen molar-refractivity contribution < 1.29 is 18.6 Å². The molecule has 0 unspecified atom stereocenters. The maximum absolute atomic E-state index is 11.4. The summed E-state index contributed by atoms with van der Waals surface area (Å²) in [6.45, 7) is 3.29. The van der Waals surface area contributed by atoms with Crippen LogP contribution in [-0.2, 0) is 29.4 Å². The minimum atomic E-state index is -3.06. The van der Waals surface area contributed by atoms with Gasteiger partial charge < -0.3 is 20.5 Å². The van der Waals surface area contributed by atoms with E-state index < -0.39 is 15.4 Å². The third-order valence-electron chi connectivity index (χ3n) is 4.30. The smallest absolute Gasteiger partial charge is 0.152 e. The fourth-order valence-corrected chi connectivity index (χ4v) is 3.75. The molecule has 0 fully saturated rings. The van der Waals surface area contributed by atoms with E-state index >= 15 is 0 Å². The van der Waals surface area contributed by atoms with Gasteiger partial charge in [0.1, 0.15) is 27.8 Å². The largest absolute Gasteiger partial charge is 0.389 e. The summed E-state index contributed by atoms with van der Waals surface area (Å²) < 4.78 is 24.6. The Morgan fingerprint density at radius 1 is 1.26 bits per heavy atom. The van der Waals surface area contributed by atoms with Gasteiger partial charge in [0.2, 0.25) is 0 Å². The molecule has 2 aromatic heterocycles. The van der Waals surface area contributed by atoms with E-state index in [2.05, 4.69) is 9.97 Å². The molecular formula is C18H24N4O4S. The van der Waals surface area contributed by atoms with E-state index in [4.69, 9.17) is 5.73 Å². The number of hydrogen-bond donors (Lipinski definition) is 3. The summed E-state index contributed by atoms with van der Waals surface area (Å²) in [7, 11) is -3.06. The lowest BCUT2D eigenvalue weighted by Crippen LogP contribution is -2.27. The number of nitrogens with zero attached hydrogens (tertiary/aromatic N) is 3. The van der Waals surface area contributed by atoms with Crippen molar-refractivity contribution in [1.82, 2.24) is 14.5 Å². The zero-order valence-electron chi connectivity index (χ0n) is 15.6. The van der Waals surface area contributed by atoms with Crippen molar-refractivity contribution in [3.8, 4) is 0 Å². The topological polar surface area (TPSA) is 131 Å². The Bertz CT molecular complexity index is 1110. The molecular weight excluding hydrogens is 368 g/mol. The number of anilines is 1. The average molecular weight is 392 g/mol. The van der Waals surface area contributed by atoms with Crippen LogP contribution in [0.15, 0.2) is 18.2 Å². The van der Waals surface area contributed by atoms with E-state index in [1.165, 1.54) is 6.26 Å². The van der Waals surface area contributed by atoms with Gasteiger partial charge in [-0.25, -0.2) is 18.4 Å². The number of rotatable bonds is 6. The van der Waals surface area contributed by atoms with Crippen molar-refractivity contribution in [3.05, 3.63) is 29.6 Å². The molecule has 3 rings (SSSR count). The summed E-state index contributed by atoms with van der Waals surface area (Å²) in [5.41, 5.74) is 7.70. The van der Waals surface area contributed by atoms with Crippen LogP contribution in [0, 0.1) is 0 Å². The molecule has 2 heterocycles. The summed E-state index contributed by atoms with van der Waals surface area (Å²) in [6.07, 6.45) is 1.60. The summed E-state index contributed by atoms with van der Waals surface area (Å²) in [5, 5.41) is 20.7. The normalized spacial score (nSPS) is 12.9. The van der Waals surface area contributed by atoms with Gasteiger partial charge in [0.25, 0.3) is 0 Å². The predicted octanol–water partition coefficient (Wildman–Crippen LogP) is 1.02. The molecule has 0 radical (unpaired) electrons. The molecule has 27 heavy (non-hydrogen) atoms. The Balaban J connectivity index is 2.21. The number of sulfone groups is 1. The Kier molecular flexibility index (Phi) is 4.87. The second-order valence-corrected chi connectivity index (χ2v) is 9.77. The fraction of sp³-hybridized carbons (Fsp3) is 0.444. The van der Waals surface area contributed by atoms with E-state index in [0.717, 1.165) is 10.9 Å². The van der Waals surface area contributed by atoms with Crippen LogP contribution in [0.2, 0.25) is 0 Å². The minimum Gasteiger partial charge on any atom is -0.389 e. The molecule has 0 bridgehead atoms. The fourth-order valence-electron chi connectivity index (χ4n) is 3.14. The van der Waals surface area contributed by atoms with Crippen molar-refractivity contribution in [3.63, 3.8) is 0 Å². The van der Waals surface area contributed by atoms with Crippen LogP contribution in [0.4, 0.5) is 5.82 Å². The second-order valence-electron chi connectivity index (χ2n) is 7.51. The number of aromatic nitrogens is 3. The van der Waals surface area contributed by atoms with Gasteiger partial charge in [-0.2, -0.15) is 0 Å². The molecule has 0 aliphatic carbocycles. The predicted molar refractivity (Wildman–Crippen MR) is 105 cm³/mol. The number of nitrogens with two attached hydrogens (primary N) is 1. The lowest BCUT2D eigenvalue weighted by atomic mass is 10.1. The maximum Gasteiger partial charge on any atom is 0.152 e. The molecule has 9 heteroatoms. The summed E-state index contributed by atoms with van der Waals surface area (Å²) in [5.74, 6) is 0.679. The number of aliphatic hydroxyl groups is 2. The number of aryl methyl sites for hydroxylation is 1. The second kappa shape index (κ2) is 6.74. The van der Waals surface area contributed by atoms with E-state index in [9.17, 15) is 18.6 Å². The number of benzene rings is 1. The van der Waals surface area contributed by atoms with Crippen LogP contribution in [0.3, 0.4) is 0 Å². The number of hydrogen-bond acceptors (Lipinski definition) is 7. The number of nitrogen functional groups attached to an aromatic ring is 1. The van der Waals surface area contributed by atoms with Gasteiger partial charge in [0, 0.05) is 11.6 Å². The molecule has 0 aliphatic heterocycles. The van der Waals surface area contributed by atoms with Crippen LogP contribution < -0.4 is 5.73 Å². The third kappa shape index (κ3) is 4.20. The molecule has 1 aromatic carbocycles. The highest BCUT2D eigenvalue weighted by molar-refractivity contribution is 7.90. The van der Waals surface area contributed by atoms with Crippen molar-refractivity contribution in [2.75, 3.05) is 17.7 Å². The minimum absolute atomic E-state index is 0.0571. The zero-order chi connectivity index (χ0) is 20.0. The molecule has 0 spiro atoms. The lowest BCUT2D eigenvalue weighted by Gasteiger charge is -2.20. The Morgan fingerprint density at radius 2 is 1.96 bits per heavy atom. The monoisotopic (exact) mass is 392 g/mol. The standard InChI is InChI=1S/C18H24N4O4S/c1-18(2,24)10-22-14(9-23)21-15-16(22)12-5-4-11(6-7-27(3,25)26)8-13(12)20-17(15)19/h4-5,8,23-24H,6-7,9-10H2,1-3H3,(H2,19,20). The Labute approximate surface area is 157 Å². The Hall–Kier alpha value is -2.23. The van der Waals surface area contributed by atoms with Crippen LogP contribution in [0.25, 0.3) is 21.9 Å². The summed E-state index contributed by atoms with van der Waals surface area (Å²) >= 11 is 0. The van der Waals surface area contributed by atoms with Crippen LogP contribution in [0.1, 0.15) is 25.2 Å². The summed E-state index contributed by atoms with van der Waals surface area (Å²) in [4.78, 5) is 8.79. The highest BCUT2D eigenvalue weighted by atomic mass is 32.2. The molecule has 3 aromatic rings. The van der Waals surface area contributed by atoms with Crippen molar-refractivity contribution in [1.29, 1.82) is 0 Å². The number of aliphatic hydroxyl groups excluding tert-OH is 1. The first-order chi connectivity index (χ1) is 12.5. The highest BCUT2D eigenvalue weighted by Crippen LogP contribution is 2.30. The molecule has 8 nitrogen and oxygen atoms in total. The van der Waals surface area contributed by atoms with E-state index in [1.54, 1.807) is 18.4 Å². The molecule has 4 N–H and O–H groups in total. The van der Waals surface area contributed by atoms with E-state index in [-0.39, 0.29) is 24.7 Å². The molecule has 146 valence electrons. The van der Waals surface area contributed by atoms with Gasteiger partial charge >= 0.3 is 0 Å². The number of imidazole rings is 1. The first kappa shape index (κ1) is 19.5. The quantitative estimate of drug-likeness (QED) is 0.570. The van der Waals surface area contributed by atoms with Gasteiger partial charge in [-0.3, -0.25) is 0 Å². The highest BCUT2D eigenvalue weighted by Gasteiger charge is 2.22. The first-order valence-electron chi connectivity index (χ1n) is 8.57. The van der Waals surface area contributed by atoms with Crippen molar-refractivity contribution in [2.24, 2.45) is 0 Å². The molecule has 0 amide bonds. The van der Waals surface area contributed by atoms with Gasteiger partial charge in [-0.15, -0.1) is 0 Å². The van der Waals surface area contributed by atoms with Gasteiger partial charge in [-0.05, 0) is 31.9 Å². The molecule has 0 saturated heterocycles. The lowest BCUT2D eigenvalue weighted by molar-refractivity contribution is 0.0607. The SMILES string of the molecule is CC(C)(O)Cn1c(CO)nc2c(N)nc3cc(CCS(C)(=O)=O)ccc3c21. The van der Waals surface area contributed by atoms with Crippen molar-refractivity contribution >= 4 is 37.6 Å². The first-order valence-corrected chi connectivity index (χ1v) is 10.6. The van der Waals surface area contributed by atoms with Crippen LogP contribution >= 0.6 is 0 Å². The molecule has 0 aliphatic rings. The average Bonchev–Trinajstić information content (AvgIpc) is 2.89. The van der Waals surface area contributed by atoms with Gasteiger partial charge in [0.15, 0.2) is 5.82 Å². The molecule has 0 atom stereocenters. The zero-order valence-corrected chi connectivity index (χ0v) is 16.4. The number of fused-ring (bicyclic) bond motifs is 3. The maximum atomic E-state index is 11.4. The van der Waals surface area contributed by atoms with Gasteiger partial charge in [0.05, 0.1) is 28.9 Å². The van der Waals surface area contributed by atoms with Crippen LogP contribution in [0.5, 0.6) is 0 Å². The number of pyridine rings is 1. The van der Waals surface area contributed by atoms with Crippen LogP contribution in [-0.4, -0.2) is 50.8 Å². The van der Waals surface area contributed by atoms with Crippen molar-refractivity contribution in [2.45, 2.75) is 39.0 Å². The van der Waals surface area contributed by atoms with Gasteiger partial charge in [-0.1, -0.05) is 12.1 Å². The summed E-state index contributed by atoms with van der Waals surface area (Å²) in [6, 6.07) is 5.52. The third-order valence-corrected chi connectivity index (χ3v) is 5.24. The van der Waals surface area contributed by atoms with E-state index in [0.29, 0.717) is 28.8 Å². The molecule has 0 saturated carbocycles. The van der Waals surface area contributed by atoms with E-state index in [1.807, 2.05) is 18.2 Å². The Morgan fingerprint density at radius 3 is 2.56 bits per heavy atom.